The Bertz CT molecular complexity index is 262. The van der Waals surface area contributed by atoms with Gasteiger partial charge in [-0.25, -0.2) is 0 Å². The van der Waals surface area contributed by atoms with Gasteiger partial charge in [-0.15, -0.1) is 0 Å². The molecule has 1 rings (SSSR count). The standard InChI is InChI=1S/C13H17/c1-13(2,3)11-7-10-12-8-5-4-6-9-12/h4-8,11H,10H2,1-3H3. The smallest absolute Gasteiger partial charge is 0.00911 e. The molecule has 0 unspecified atom stereocenters. The Morgan fingerprint density at radius 1 is 1.31 bits per heavy atom. The minimum atomic E-state index is 0.286. The Balaban J connectivity index is 2.49. The van der Waals surface area contributed by atoms with Gasteiger partial charge in [0, 0.05) is 0 Å². The van der Waals surface area contributed by atoms with Crippen LogP contribution in [0.15, 0.2) is 36.4 Å². The van der Waals surface area contributed by atoms with Crippen molar-refractivity contribution >= 4 is 0 Å². The van der Waals surface area contributed by atoms with Crippen molar-refractivity contribution in [1.82, 2.24) is 0 Å². The maximum absolute atomic E-state index is 3.20. The van der Waals surface area contributed by atoms with E-state index < -0.39 is 0 Å². The first kappa shape index (κ1) is 10.0. The lowest BCUT2D eigenvalue weighted by Crippen LogP contribution is -1.98. The van der Waals surface area contributed by atoms with Gasteiger partial charge in [-0.3, -0.25) is 0 Å². The van der Waals surface area contributed by atoms with Gasteiger partial charge in [0.2, 0.25) is 0 Å². The van der Waals surface area contributed by atoms with Crippen LogP contribution in [-0.4, -0.2) is 0 Å². The number of benzene rings is 1. The Hall–Kier alpha value is -1.04. The van der Waals surface area contributed by atoms with Crippen LogP contribution in [0.1, 0.15) is 26.3 Å². The summed E-state index contributed by atoms with van der Waals surface area (Å²) in [4.78, 5) is 0. The second-order valence-corrected chi connectivity index (χ2v) is 4.36. The van der Waals surface area contributed by atoms with Crippen molar-refractivity contribution in [2.24, 2.45) is 5.41 Å². The molecule has 0 amide bonds. The molecule has 0 saturated heterocycles. The van der Waals surface area contributed by atoms with Crippen molar-refractivity contribution in [1.29, 1.82) is 0 Å². The van der Waals surface area contributed by atoms with E-state index in [0.29, 0.717) is 0 Å². The molecule has 13 heavy (non-hydrogen) atoms. The molecule has 0 aliphatic carbocycles. The van der Waals surface area contributed by atoms with E-state index >= 15 is 0 Å². The molecular weight excluding hydrogens is 156 g/mol. The third-order valence-corrected chi connectivity index (χ3v) is 1.73. The first-order chi connectivity index (χ1) is 6.08. The molecule has 0 N–H and O–H groups in total. The van der Waals surface area contributed by atoms with Crippen LogP contribution in [0.5, 0.6) is 0 Å². The van der Waals surface area contributed by atoms with E-state index in [1.807, 2.05) is 12.1 Å². The molecule has 0 bridgehead atoms. The minimum Gasteiger partial charge on any atom is -0.0836 e. The molecule has 1 aromatic rings. The van der Waals surface area contributed by atoms with Crippen molar-refractivity contribution in [3.05, 3.63) is 48.0 Å². The van der Waals surface area contributed by atoms with E-state index in [2.05, 4.69) is 51.1 Å². The maximum Gasteiger partial charge on any atom is -0.00911 e. The van der Waals surface area contributed by atoms with E-state index in [4.69, 9.17) is 0 Å². The third kappa shape index (κ3) is 4.51. The monoisotopic (exact) mass is 173 g/mol. The average Bonchev–Trinajstić information content (AvgIpc) is 2.04. The zero-order chi connectivity index (χ0) is 9.73. The molecule has 69 valence electrons. The van der Waals surface area contributed by atoms with Gasteiger partial charge in [-0.1, -0.05) is 57.2 Å². The highest BCUT2D eigenvalue weighted by atomic mass is 14.1. The Labute approximate surface area is 81.3 Å². The van der Waals surface area contributed by atoms with Gasteiger partial charge in [0.25, 0.3) is 0 Å². The summed E-state index contributed by atoms with van der Waals surface area (Å²) in [5.74, 6) is 0. The van der Waals surface area contributed by atoms with Gasteiger partial charge in [0.05, 0.1) is 0 Å². The summed E-state index contributed by atoms with van der Waals surface area (Å²) in [5.41, 5.74) is 1.54. The Kier molecular flexibility index (Phi) is 3.30. The molecule has 0 aliphatic rings. The van der Waals surface area contributed by atoms with E-state index in [-0.39, 0.29) is 5.41 Å². The topological polar surface area (TPSA) is 0 Å². The number of hydrogen-bond donors (Lipinski definition) is 0. The molecule has 0 aliphatic heterocycles. The first-order valence-electron chi connectivity index (χ1n) is 4.71. The summed E-state index contributed by atoms with van der Waals surface area (Å²) >= 11 is 0. The molecule has 0 aromatic heterocycles. The predicted molar refractivity (Wildman–Crippen MR) is 57.6 cm³/mol. The fourth-order valence-electron chi connectivity index (χ4n) is 1.10. The van der Waals surface area contributed by atoms with Gasteiger partial charge in [-0.2, -0.15) is 0 Å². The lowest BCUT2D eigenvalue weighted by molar-refractivity contribution is 0.542. The summed E-state index contributed by atoms with van der Waals surface area (Å²) in [6.07, 6.45) is 5.44. The van der Waals surface area contributed by atoms with Gasteiger partial charge in [0.15, 0.2) is 0 Å². The van der Waals surface area contributed by atoms with Crippen molar-refractivity contribution in [2.45, 2.75) is 27.2 Å². The lowest BCUT2D eigenvalue weighted by Gasteiger charge is -2.10. The van der Waals surface area contributed by atoms with Crippen LogP contribution in [0.25, 0.3) is 0 Å². The second kappa shape index (κ2) is 4.27. The van der Waals surface area contributed by atoms with Gasteiger partial charge < -0.3 is 0 Å². The molecule has 0 heteroatoms. The number of hydrogen-bond acceptors (Lipinski definition) is 0. The fourth-order valence-corrected chi connectivity index (χ4v) is 1.10. The molecule has 0 fully saturated rings. The highest BCUT2D eigenvalue weighted by molar-refractivity contribution is 5.16. The molecule has 0 nitrogen and oxygen atoms in total. The SMILES string of the molecule is CC(C)(C)C=CCc1[c]cccc1. The number of rotatable bonds is 2. The van der Waals surface area contributed by atoms with Crippen molar-refractivity contribution in [2.75, 3.05) is 0 Å². The summed E-state index contributed by atoms with van der Waals surface area (Å²) in [7, 11) is 0. The molecule has 0 heterocycles. The quantitative estimate of drug-likeness (QED) is 0.599. The second-order valence-electron chi connectivity index (χ2n) is 4.36. The van der Waals surface area contributed by atoms with Crippen LogP contribution in [0, 0.1) is 11.5 Å². The van der Waals surface area contributed by atoms with Crippen LogP contribution >= 0.6 is 0 Å². The van der Waals surface area contributed by atoms with E-state index in [0.717, 1.165) is 6.42 Å². The maximum atomic E-state index is 3.20. The molecular formula is C13H17. The van der Waals surface area contributed by atoms with E-state index in [1.165, 1.54) is 5.56 Å². The van der Waals surface area contributed by atoms with E-state index in [9.17, 15) is 0 Å². The average molecular weight is 173 g/mol. The highest BCUT2D eigenvalue weighted by Crippen LogP contribution is 2.14. The van der Waals surface area contributed by atoms with Crippen molar-refractivity contribution < 1.29 is 0 Å². The zero-order valence-corrected chi connectivity index (χ0v) is 8.67. The van der Waals surface area contributed by atoms with Gasteiger partial charge >= 0.3 is 0 Å². The Morgan fingerprint density at radius 3 is 2.62 bits per heavy atom. The fraction of sp³-hybridized carbons (Fsp3) is 0.385. The summed E-state index contributed by atoms with van der Waals surface area (Å²) in [6.45, 7) is 6.62. The van der Waals surface area contributed by atoms with Crippen LogP contribution in [0.3, 0.4) is 0 Å². The van der Waals surface area contributed by atoms with Gasteiger partial charge in [-0.05, 0) is 23.5 Å². The van der Waals surface area contributed by atoms with Crippen LogP contribution in [0.2, 0.25) is 0 Å². The van der Waals surface area contributed by atoms with Crippen molar-refractivity contribution in [3.63, 3.8) is 0 Å². The normalized spacial score (nSPS) is 12.2. The van der Waals surface area contributed by atoms with Crippen molar-refractivity contribution in [3.8, 4) is 0 Å². The predicted octanol–water partition coefficient (Wildman–Crippen LogP) is 3.63. The van der Waals surface area contributed by atoms with Gasteiger partial charge in [0.1, 0.15) is 0 Å². The molecule has 0 atom stereocenters. The number of allylic oxidation sites excluding steroid dienone is 2. The third-order valence-electron chi connectivity index (χ3n) is 1.73. The molecule has 1 aromatic carbocycles. The summed E-state index contributed by atoms with van der Waals surface area (Å²) in [6, 6.07) is 11.3. The largest absolute Gasteiger partial charge is 0.0836 e. The first-order valence-corrected chi connectivity index (χ1v) is 4.71. The van der Waals surface area contributed by atoms with E-state index in [1.54, 1.807) is 0 Å². The Morgan fingerprint density at radius 2 is 2.08 bits per heavy atom. The molecule has 0 spiro atoms. The molecule has 0 saturated carbocycles. The summed E-state index contributed by atoms with van der Waals surface area (Å²) in [5, 5.41) is 0. The van der Waals surface area contributed by atoms with Crippen LogP contribution < -0.4 is 0 Å². The highest BCUT2D eigenvalue weighted by Gasteiger charge is 2.02. The lowest BCUT2D eigenvalue weighted by atomic mass is 9.95. The summed E-state index contributed by atoms with van der Waals surface area (Å²) < 4.78 is 0. The zero-order valence-electron chi connectivity index (χ0n) is 8.67. The van der Waals surface area contributed by atoms with Crippen LogP contribution in [0.4, 0.5) is 0 Å². The minimum absolute atomic E-state index is 0.286. The molecule has 1 radical (unpaired) electrons. The van der Waals surface area contributed by atoms with Crippen LogP contribution in [-0.2, 0) is 6.42 Å².